The third-order valence-corrected chi connectivity index (χ3v) is 3.74. The van der Waals surface area contributed by atoms with Gasteiger partial charge in [0.25, 0.3) is 5.91 Å². The summed E-state index contributed by atoms with van der Waals surface area (Å²) < 4.78 is 9.88. The number of hydrogen-bond acceptors (Lipinski definition) is 6. The Morgan fingerprint density at radius 1 is 1.28 bits per heavy atom. The molecule has 134 valence electrons. The summed E-state index contributed by atoms with van der Waals surface area (Å²) in [5, 5.41) is 2.38. The van der Waals surface area contributed by atoms with E-state index in [0.717, 1.165) is 0 Å². The number of rotatable bonds is 6. The molecule has 9 heteroatoms. The quantitative estimate of drug-likeness (QED) is 0.744. The van der Waals surface area contributed by atoms with Gasteiger partial charge in [0, 0.05) is 18.0 Å². The Bertz CT molecular complexity index is 706. The lowest BCUT2D eigenvalue weighted by molar-refractivity contribution is -0.137. The Labute approximate surface area is 149 Å². The Kier molecular flexibility index (Phi) is 6.35. The van der Waals surface area contributed by atoms with Gasteiger partial charge in [0.15, 0.2) is 6.61 Å². The second-order valence-electron chi connectivity index (χ2n) is 5.31. The molecule has 1 saturated heterocycles. The Morgan fingerprint density at radius 3 is 2.68 bits per heavy atom. The van der Waals surface area contributed by atoms with Gasteiger partial charge in [0.05, 0.1) is 13.7 Å². The van der Waals surface area contributed by atoms with E-state index in [2.05, 4.69) is 5.32 Å². The van der Waals surface area contributed by atoms with Crippen LogP contribution >= 0.6 is 11.6 Å². The molecule has 0 aromatic heterocycles. The lowest BCUT2D eigenvalue weighted by Gasteiger charge is -2.14. The first kappa shape index (κ1) is 18.7. The fourth-order valence-corrected chi connectivity index (χ4v) is 2.50. The number of hydrogen-bond donors (Lipinski definition) is 1. The smallest absolute Gasteiger partial charge is 0.342 e. The summed E-state index contributed by atoms with van der Waals surface area (Å²) in [6.45, 7) is -0.348. The highest BCUT2D eigenvalue weighted by atomic mass is 35.5. The second kappa shape index (κ2) is 8.48. The number of carbonyl (C=O) groups is 4. The van der Waals surface area contributed by atoms with Crippen LogP contribution in [0, 0.1) is 0 Å². The van der Waals surface area contributed by atoms with Crippen molar-refractivity contribution < 1.29 is 28.7 Å². The maximum atomic E-state index is 12.0. The van der Waals surface area contributed by atoms with Crippen LogP contribution in [0.2, 0.25) is 5.02 Å². The summed E-state index contributed by atoms with van der Waals surface area (Å²) >= 11 is 5.82. The number of halogens is 1. The van der Waals surface area contributed by atoms with Crippen LogP contribution < -0.4 is 10.1 Å². The second-order valence-corrected chi connectivity index (χ2v) is 5.75. The maximum Gasteiger partial charge on any atom is 0.342 e. The van der Waals surface area contributed by atoms with Crippen LogP contribution in [-0.2, 0) is 19.1 Å². The minimum Gasteiger partial charge on any atom is -0.496 e. The molecule has 1 N–H and O–H groups in total. The van der Waals surface area contributed by atoms with Gasteiger partial charge in [0.2, 0.25) is 11.8 Å². The van der Waals surface area contributed by atoms with Gasteiger partial charge in [-0.3, -0.25) is 19.7 Å². The molecule has 1 aliphatic heterocycles. The molecule has 3 amide bonds. The monoisotopic (exact) mass is 368 g/mol. The molecular formula is C16H17ClN2O6. The minimum absolute atomic E-state index is 0.0665. The van der Waals surface area contributed by atoms with Gasteiger partial charge in [-0.15, -0.1) is 0 Å². The van der Waals surface area contributed by atoms with E-state index >= 15 is 0 Å². The molecule has 2 rings (SSSR count). The summed E-state index contributed by atoms with van der Waals surface area (Å²) in [6, 6.07) is 4.39. The van der Waals surface area contributed by atoms with Crippen molar-refractivity contribution in [1.29, 1.82) is 0 Å². The summed E-state index contributed by atoms with van der Waals surface area (Å²) in [7, 11) is 1.38. The van der Waals surface area contributed by atoms with E-state index in [1.54, 1.807) is 6.07 Å². The molecule has 1 fully saturated rings. The van der Waals surface area contributed by atoms with Crippen LogP contribution in [0.1, 0.15) is 23.2 Å². The van der Waals surface area contributed by atoms with E-state index < -0.39 is 24.4 Å². The third kappa shape index (κ3) is 5.18. The SMILES string of the molecule is COc1ccc(Cl)cc1C(=O)OCC(=O)NC(=O)CN1CCCC1=O. The Balaban J connectivity index is 1.83. The van der Waals surface area contributed by atoms with Crippen LogP contribution in [0.25, 0.3) is 0 Å². The number of esters is 1. The molecule has 0 aliphatic carbocycles. The van der Waals surface area contributed by atoms with Crippen molar-refractivity contribution in [3.05, 3.63) is 28.8 Å². The molecule has 1 aromatic rings. The maximum absolute atomic E-state index is 12.0. The highest BCUT2D eigenvalue weighted by molar-refractivity contribution is 6.31. The van der Waals surface area contributed by atoms with Crippen LogP contribution in [0.3, 0.4) is 0 Å². The van der Waals surface area contributed by atoms with Crippen LogP contribution in [0.5, 0.6) is 5.75 Å². The summed E-state index contributed by atoms with van der Waals surface area (Å²) in [5.74, 6) is -2.10. The van der Waals surface area contributed by atoms with Gasteiger partial charge in [-0.25, -0.2) is 4.79 Å². The first-order chi connectivity index (χ1) is 11.9. The normalized spacial score (nSPS) is 13.5. The number of nitrogens with one attached hydrogen (secondary N) is 1. The Hall–Kier alpha value is -2.61. The van der Waals surface area contributed by atoms with Crippen molar-refractivity contribution in [3.8, 4) is 5.75 Å². The van der Waals surface area contributed by atoms with E-state index in [4.69, 9.17) is 21.1 Å². The lowest BCUT2D eigenvalue weighted by Crippen LogP contribution is -2.42. The van der Waals surface area contributed by atoms with Crippen molar-refractivity contribution in [2.75, 3.05) is 26.8 Å². The van der Waals surface area contributed by atoms with Gasteiger partial charge >= 0.3 is 5.97 Å². The average molecular weight is 369 g/mol. The summed E-state index contributed by atoms with van der Waals surface area (Å²) in [5.41, 5.74) is 0.0665. The number of amides is 3. The first-order valence-electron chi connectivity index (χ1n) is 7.52. The largest absolute Gasteiger partial charge is 0.496 e. The number of likely N-dealkylation sites (tertiary alicyclic amines) is 1. The van der Waals surface area contributed by atoms with E-state index in [-0.39, 0.29) is 23.8 Å². The number of ether oxygens (including phenoxy) is 2. The standard InChI is InChI=1S/C16H17ClN2O6/c1-24-12-5-4-10(17)7-11(12)16(23)25-9-14(21)18-13(20)8-19-6-2-3-15(19)22/h4-5,7H,2-3,6,8-9H2,1H3,(H,18,20,21). The van der Waals surface area contributed by atoms with Crippen LogP contribution in [-0.4, -0.2) is 55.4 Å². The zero-order valence-corrected chi connectivity index (χ0v) is 14.3. The molecule has 1 aliphatic rings. The number of methoxy groups -OCH3 is 1. The first-order valence-corrected chi connectivity index (χ1v) is 7.89. The van der Waals surface area contributed by atoms with E-state index in [9.17, 15) is 19.2 Å². The average Bonchev–Trinajstić information content (AvgIpc) is 2.97. The summed E-state index contributed by atoms with van der Waals surface area (Å²) in [4.78, 5) is 48.2. The van der Waals surface area contributed by atoms with Gasteiger partial charge < -0.3 is 14.4 Å². The Morgan fingerprint density at radius 2 is 2.04 bits per heavy atom. The topological polar surface area (TPSA) is 102 Å². The predicted molar refractivity (Wildman–Crippen MR) is 87.3 cm³/mol. The molecule has 0 spiro atoms. The number of nitrogens with zero attached hydrogens (tertiary/aromatic N) is 1. The third-order valence-electron chi connectivity index (χ3n) is 3.50. The zero-order valence-electron chi connectivity index (χ0n) is 13.5. The molecule has 8 nitrogen and oxygen atoms in total. The van der Waals surface area contributed by atoms with Crippen molar-refractivity contribution in [1.82, 2.24) is 10.2 Å². The molecule has 25 heavy (non-hydrogen) atoms. The molecule has 0 saturated carbocycles. The van der Waals surface area contributed by atoms with Crippen molar-refractivity contribution in [2.45, 2.75) is 12.8 Å². The minimum atomic E-state index is -0.809. The fourth-order valence-electron chi connectivity index (χ4n) is 2.32. The zero-order chi connectivity index (χ0) is 18.4. The molecule has 1 heterocycles. The van der Waals surface area contributed by atoms with Crippen molar-refractivity contribution in [3.63, 3.8) is 0 Å². The lowest BCUT2D eigenvalue weighted by atomic mass is 10.2. The highest BCUT2D eigenvalue weighted by Gasteiger charge is 2.23. The number of imide groups is 1. The van der Waals surface area contributed by atoms with Crippen LogP contribution in [0.15, 0.2) is 18.2 Å². The van der Waals surface area contributed by atoms with Gasteiger partial charge in [-0.1, -0.05) is 11.6 Å². The predicted octanol–water partition coefficient (Wildman–Crippen LogP) is 0.771. The van der Waals surface area contributed by atoms with Crippen LogP contribution in [0.4, 0.5) is 0 Å². The van der Waals surface area contributed by atoms with Gasteiger partial charge in [-0.05, 0) is 24.6 Å². The van der Waals surface area contributed by atoms with Crippen molar-refractivity contribution in [2.24, 2.45) is 0 Å². The van der Waals surface area contributed by atoms with Gasteiger partial charge in [-0.2, -0.15) is 0 Å². The van der Waals surface area contributed by atoms with Gasteiger partial charge in [0.1, 0.15) is 11.3 Å². The van der Waals surface area contributed by atoms with E-state index in [0.29, 0.717) is 24.4 Å². The fraction of sp³-hybridized carbons (Fsp3) is 0.375. The highest BCUT2D eigenvalue weighted by Crippen LogP contribution is 2.23. The number of benzene rings is 1. The van der Waals surface area contributed by atoms with E-state index in [1.807, 2.05) is 0 Å². The number of carbonyl (C=O) groups excluding carboxylic acids is 4. The van der Waals surface area contributed by atoms with Crippen molar-refractivity contribution >= 4 is 35.3 Å². The molecular weight excluding hydrogens is 352 g/mol. The molecule has 0 radical (unpaired) electrons. The molecule has 1 aromatic carbocycles. The molecule has 0 bridgehead atoms. The molecule has 0 unspecified atom stereocenters. The van der Waals surface area contributed by atoms with E-state index in [1.165, 1.54) is 24.1 Å². The molecule has 0 atom stereocenters. The summed E-state index contributed by atoms with van der Waals surface area (Å²) in [6.07, 6.45) is 1.10.